The molecule has 3 aromatic rings. The molecule has 0 saturated heterocycles. The van der Waals surface area contributed by atoms with Crippen molar-refractivity contribution in [1.29, 1.82) is 0 Å². The quantitative estimate of drug-likeness (QED) is 0.719. The maximum absolute atomic E-state index is 11.8. The van der Waals surface area contributed by atoms with E-state index in [4.69, 9.17) is 9.15 Å². The summed E-state index contributed by atoms with van der Waals surface area (Å²) in [7, 11) is 1.71. The second kappa shape index (κ2) is 6.78. The Hall–Kier alpha value is -3.42. The van der Waals surface area contributed by atoms with Gasteiger partial charge in [0.2, 0.25) is 5.89 Å². The van der Waals surface area contributed by atoms with Crippen molar-refractivity contribution in [1.82, 2.24) is 14.8 Å². The van der Waals surface area contributed by atoms with E-state index in [-0.39, 0.29) is 11.9 Å². The molecule has 0 aliphatic heterocycles. The number of ether oxygens (including phenoxy) is 1. The smallest absolute Gasteiger partial charge is 0.355 e. The third-order valence-corrected chi connectivity index (χ3v) is 3.18. The highest BCUT2D eigenvalue weighted by Crippen LogP contribution is 2.18. The van der Waals surface area contributed by atoms with Crippen LogP contribution in [0, 0.1) is 0 Å². The first-order valence-corrected chi connectivity index (χ1v) is 7.11. The van der Waals surface area contributed by atoms with Gasteiger partial charge in [-0.3, -0.25) is 10.1 Å². The van der Waals surface area contributed by atoms with Gasteiger partial charge in [-0.05, 0) is 24.3 Å². The van der Waals surface area contributed by atoms with Gasteiger partial charge in [0.05, 0.1) is 0 Å². The normalized spacial score (nSPS) is 10.4. The number of hydrogen-bond donors (Lipinski definition) is 1. The van der Waals surface area contributed by atoms with Crippen molar-refractivity contribution < 1.29 is 18.7 Å². The highest BCUT2D eigenvalue weighted by atomic mass is 16.5. The van der Waals surface area contributed by atoms with Gasteiger partial charge in [-0.2, -0.15) is 0 Å². The van der Waals surface area contributed by atoms with E-state index < -0.39 is 18.5 Å². The number of amides is 1. The molecule has 0 fully saturated rings. The monoisotopic (exact) mass is 326 g/mol. The lowest BCUT2D eigenvalue weighted by molar-refractivity contribution is -0.119. The molecular formula is C16H14N4O4. The predicted octanol–water partition coefficient (Wildman–Crippen LogP) is 1.87. The molecule has 24 heavy (non-hydrogen) atoms. The molecule has 8 nitrogen and oxygen atoms in total. The zero-order chi connectivity index (χ0) is 16.9. The summed E-state index contributed by atoms with van der Waals surface area (Å²) in [5, 5.41) is 9.96. The summed E-state index contributed by atoms with van der Waals surface area (Å²) in [5.74, 6) is -0.874. The number of rotatable bonds is 5. The highest BCUT2D eigenvalue weighted by Gasteiger charge is 2.15. The van der Waals surface area contributed by atoms with Gasteiger partial charge in [0.1, 0.15) is 5.69 Å². The molecule has 2 aromatic heterocycles. The minimum Gasteiger partial charge on any atom is -0.451 e. The number of benzene rings is 1. The molecule has 0 aliphatic rings. The van der Waals surface area contributed by atoms with Crippen molar-refractivity contribution in [2.75, 3.05) is 11.9 Å². The fourth-order valence-electron chi connectivity index (χ4n) is 2.00. The Labute approximate surface area is 137 Å². The Bertz CT molecular complexity index is 854. The van der Waals surface area contributed by atoms with Crippen LogP contribution in [0.2, 0.25) is 0 Å². The van der Waals surface area contributed by atoms with Gasteiger partial charge in [0, 0.05) is 18.8 Å². The Morgan fingerprint density at radius 1 is 1.17 bits per heavy atom. The van der Waals surface area contributed by atoms with Crippen molar-refractivity contribution in [2.24, 2.45) is 7.05 Å². The first kappa shape index (κ1) is 15.5. The largest absolute Gasteiger partial charge is 0.451 e. The first-order valence-electron chi connectivity index (χ1n) is 7.11. The van der Waals surface area contributed by atoms with E-state index in [1.165, 1.54) is 0 Å². The van der Waals surface area contributed by atoms with Gasteiger partial charge in [-0.15, -0.1) is 5.10 Å². The van der Waals surface area contributed by atoms with Crippen LogP contribution in [0.25, 0.3) is 11.5 Å². The number of anilines is 1. The topological polar surface area (TPSA) is 99.2 Å². The lowest BCUT2D eigenvalue weighted by atomic mass is 10.2. The Kier molecular flexibility index (Phi) is 4.37. The molecule has 0 atom stereocenters. The zero-order valence-electron chi connectivity index (χ0n) is 12.8. The highest BCUT2D eigenvalue weighted by molar-refractivity contribution is 5.93. The minimum atomic E-state index is -0.590. The van der Waals surface area contributed by atoms with E-state index in [0.717, 1.165) is 5.56 Å². The van der Waals surface area contributed by atoms with E-state index in [2.05, 4.69) is 15.5 Å². The van der Waals surface area contributed by atoms with Crippen LogP contribution in [0.3, 0.4) is 0 Å². The van der Waals surface area contributed by atoms with Crippen LogP contribution >= 0.6 is 0 Å². The van der Waals surface area contributed by atoms with Crippen LogP contribution in [0.4, 0.5) is 6.01 Å². The van der Waals surface area contributed by atoms with Crippen LogP contribution in [0.1, 0.15) is 10.5 Å². The Balaban J connectivity index is 1.55. The summed E-state index contributed by atoms with van der Waals surface area (Å²) in [6.07, 6.45) is 1.71. The lowest BCUT2D eigenvalue weighted by Gasteiger charge is -2.04. The van der Waals surface area contributed by atoms with Crippen LogP contribution in [0.15, 0.2) is 53.1 Å². The molecule has 0 radical (unpaired) electrons. The maximum Gasteiger partial charge on any atom is 0.355 e. The summed E-state index contributed by atoms with van der Waals surface area (Å²) >= 11 is 0. The average molecular weight is 326 g/mol. The van der Waals surface area contributed by atoms with Gasteiger partial charge in [-0.1, -0.05) is 23.3 Å². The lowest BCUT2D eigenvalue weighted by Crippen LogP contribution is -2.21. The van der Waals surface area contributed by atoms with E-state index >= 15 is 0 Å². The third kappa shape index (κ3) is 3.49. The van der Waals surface area contributed by atoms with Gasteiger partial charge < -0.3 is 13.7 Å². The average Bonchev–Trinajstić information content (AvgIpc) is 3.22. The van der Waals surface area contributed by atoms with Crippen LogP contribution in [-0.4, -0.2) is 33.2 Å². The zero-order valence-corrected chi connectivity index (χ0v) is 12.8. The number of aryl methyl sites for hydroxylation is 1. The van der Waals surface area contributed by atoms with Gasteiger partial charge in [0.15, 0.2) is 6.61 Å². The molecule has 0 saturated carbocycles. The van der Waals surface area contributed by atoms with Crippen LogP contribution in [0.5, 0.6) is 0 Å². The molecule has 0 bridgehead atoms. The molecule has 0 unspecified atom stereocenters. The number of carbonyl (C=O) groups is 2. The SMILES string of the molecule is Cn1cccc1C(=O)OCC(=O)Nc1nnc(-c2ccccc2)o1. The van der Waals surface area contributed by atoms with E-state index in [9.17, 15) is 9.59 Å². The van der Waals surface area contributed by atoms with Gasteiger partial charge in [0.25, 0.3) is 5.91 Å². The summed E-state index contributed by atoms with van der Waals surface area (Å²) in [4.78, 5) is 23.6. The number of nitrogens with zero attached hydrogens (tertiary/aromatic N) is 3. The molecule has 122 valence electrons. The number of aromatic nitrogens is 3. The number of esters is 1. The molecule has 3 rings (SSSR count). The first-order chi connectivity index (χ1) is 11.6. The van der Waals surface area contributed by atoms with Crippen molar-refractivity contribution in [3.05, 3.63) is 54.4 Å². The third-order valence-electron chi connectivity index (χ3n) is 3.18. The standard InChI is InChI=1S/C16H14N4O4/c1-20-9-5-8-12(20)15(22)23-10-13(21)17-16-19-18-14(24-16)11-6-3-2-4-7-11/h2-9H,10H2,1H3,(H,17,19,21). The van der Waals surface area contributed by atoms with E-state index in [1.54, 1.807) is 42.1 Å². The number of hydrogen-bond acceptors (Lipinski definition) is 6. The van der Waals surface area contributed by atoms with Crippen molar-refractivity contribution >= 4 is 17.9 Å². The van der Waals surface area contributed by atoms with Crippen molar-refractivity contribution in [3.63, 3.8) is 0 Å². The van der Waals surface area contributed by atoms with E-state index in [0.29, 0.717) is 5.69 Å². The molecule has 1 aromatic carbocycles. The Morgan fingerprint density at radius 3 is 2.67 bits per heavy atom. The van der Waals surface area contributed by atoms with E-state index in [1.807, 2.05) is 18.2 Å². The molecule has 1 amide bonds. The second-order valence-corrected chi connectivity index (χ2v) is 4.91. The van der Waals surface area contributed by atoms with Gasteiger partial charge in [-0.25, -0.2) is 4.79 Å². The molecule has 2 heterocycles. The molecule has 0 aliphatic carbocycles. The van der Waals surface area contributed by atoms with Crippen molar-refractivity contribution in [3.8, 4) is 11.5 Å². The summed E-state index contributed by atoms with van der Waals surface area (Å²) in [6.45, 7) is -0.451. The molecule has 0 spiro atoms. The number of carbonyl (C=O) groups excluding carboxylic acids is 2. The summed E-state index contributed by atoms with van der Waals surface area (Å²) in [5.41, 5.74) is 1.09. The molecule has 1 N–H and O–H groups in total. The van der Waals surface area contributed by atoms with Crippen LogP contribution in [-0.2, 0) is 16.6 Å². The fourth-order valence-corrected chi connectivity index (χ4v) is 2.00. The minimum absolute atomic E-state index is 0.0613. The van der Waals surface area contributed by atoms with Gasteiger partial charge >= 0.3 is 12.0 Å². The summed E-state index contributed by atoms with van der Waals surface area (Å²) in [6, 6.07) is 12.4. The molecular weight excluding hydrogens is 312 g/mol. The molecule has 8 heteroatoms. The number of nitrogens with one attached hydrogen (secondary N) is 1. The Morgan fingerprint density at radius 2 is 1.96 bits per heavy atom. The van der Waals surface area contributed by atoms with Crippen molar-refractivity contribution in [2.45, 2.75) is 0 Å². The van der Waals surface area contributed by atoms with Crippen LogP contribution < -0.4 is 5.32 Å². The predicted molar refractivity (Wildman–Crippen MR) is 84.1 cm³/mol. The summed E-state index contributed by atoms with van der Waals surface area (Å²) < 4.78 is 11.9. The second-order valence-electron chi connectivity index (χ2n) is 4.91. The fraction of sp³-hybridized carbons (Fsp3) is 0.125. The maximum atomic E-state index is 11.8.